The second-order valence-corrected chi connectivity index (χ2v) is 9.44. The maximum Gasteiger partial charge on any atom is 0.226 e. The van der Waals surface area contributed by atoms with Crippen LogP contribution in [0.1, 0.15) is 35.5 Å². The Bertz CT molecular complexity index is 1380. The van der Waals surface area contributed by atoms with Crippen LogP contribution >= 0.6 is 23.8 Å². The molecule has 2 atom stereocenters. The molecule has 2 N–H and O–H groups in total. The highest BCUT2D eigenvalue weighted by Crippen LogP contribution is 2.40. The molecule has 1 amide bonds. The van der Waals surface area contributed by atoms with Crippen LogP contribution in [0.3, 0.4) is 0 Å². The number of benzene rings is 2. The van der Waals surface area contributed by atoms with Crippen molar-refractivity contribution in [1.82, 2.24) is 15.2 Å². The first-order valence-electron chi connectivity index (χ1n) is 11.7. The maximum absolute atomic E-state index is 12.7. The maximum atomic E-state index is 12.7. The molecule has 4 aromatic rings. The van der Waals surface area contributed by atoms with Crippen molar-refractivity contribution in [2.75, 3.05) is 11.9 Å². The summed E-state index contributed by atoms with van der Waals surface area (Å²) in [6, 6.07) is 24.5. The number of anilines is 1. The predicted molar refractivity (Wildman–Crippen MR) is 146 cm³/mol. The standard InChI is InChI=1S/C28H25ClN4O2S/c1-18-10-11-19(17-21(18)29)23-12-13-24(35-23)27-26(22-9-5-6-15-30-22)32-28(36)33(27)16-14-25(34)31-20-7-3-2-4-8-20/h2-13,15,17,26-27H,14,16H2,1H3,(H,31,34)(H,32,36)/t26-,27+/m1/s1. The number of halogens is 1. The molecule has 0 spiro atoms. The number of pyridine rings is 1. The van der Waals surface area contributed by atoms with Crippen molar-refractivity contribution in [3.8, 4) is 11.3 Å². The number of thiocarbonyl (C=S) groups is 1. The average Bonchev–Trinajstić information content (AvgIpc) is 3.50. The molecule has 36 heavy (non-hydrogen) atoms. The van der Waals surface area contributed by atoms with Gasteiger partial charge in [-0.3, -0.25) is 9.78 Å². The zero-order valence-electron chi connectivity index (χ0n) is 19.6. The fraction of sp³-hybridized carbons (Fsp3) is 0.179. The molecule has 2 aromatic carbocycles. The quantitative estimate of drug-likeness (QED) is 0.281. The van der Waals surface area contributed by atoms with E-state index >= 15 is 0 Å². The topological polar surface area (TPSA) is 70.4 Å². The van der Waals surface area contributed by atoms with E-state index in [1.165, 1.54) is 0 Å². The van der Waals surface area contributed by atoms with E-state index in [9.17, 15) is 4.79 Å². The van der Waals surface area contributed by atoms with Crippen molar-refractivity contribution in [2.24, 2.45) is 0 Å². The molecule has 8 heteroatoms. The Morgan fingerprint density at radius 1 is 1.11 bits per heavy atom. The zero-order chi connectivity index (χ0) is 25.1. The second-order valence-electron chi connectivity index (χ2n) is 8.65. The van der Waals surface area contributed by atoms with Crippen LogP contribution in [0.4, 0.5) is 5.69 Å². The van der Waals surface area contributed by atoms with E-state index in [-0.39, 0.29) is 24.4 Å². The number of hydrogen-bond acceptors (Lipinski definition) is 4. The number of carbonyl (C=O) groups is 1. The van der Waals surface area contributed by atoms with Crippen LogP contribution in [-0.2, 0) is 4.79 Å². The number of rotatable bonds is 7. The number of aromatic nitrogens is 1. The van der Waals surface area contributed by atoms with Crippen LogP contribution in [0.5, 0.6) is 0 Å². The number of furan rings is 1. The first-order valence-corrected chi connectivity index (χ1v) is 12.5. The summed E-state index contributed by atoms with van der Waals surface area (Å²) in [5, 5.41) is 7.57. The van der Waals surface area contributed by atoms with Gasteiger partial charge in [-0.05, 0) is 67.2 Å². The van der Waals surface area contributed by atoms with Crippen LogP contribution in [-0.4, -0.2) is 27.4 Å². The largest absolute Gasteiger partial charge is 0.459 e. The molecule has 6 nitrogen and oxygen atoms in total. The van der Waals surface area contributed by atoms with Crippen molar-refractivity contribution in [1.29, 1.82) is 0 Å². The molecule has 1 saturated heterocycles. The molecule has 1 aliphatic heterocycles. The number of aryl methyl sites for hydroxylation is 1. The molecular weight excluding hydrogens is 492 g/mol. The molecule has 1 fully saturated rings. The lowest BCUT2D eigenvalue weighted by atomic mass is 10.0. The Morgan fingerprint density at radius 2 is 1.92 bits per heavy atom. The third kappa shape index (κ3) is 5.12. The Morgan fingerprint density at radius 3 is 2.67 bits per heavy atom. The van der Waals surface area contributed by atoms with E-state index in [1.807, 2.05) is 90.7 Å². The Balaban J connectivity index is 1.41. The van der Waals surface area contributed by atoms with Crippen molar-refractivity contribution in [3.05, 3.63) is 107 Å². The Labute approximate surface area is 220 Å². The van der Waals surface area contributed by atoms with Crippen LogP contribution < -0.4 is 10.6 Å². The lowest BCUT2D eigenvalue weighted by Crippen LogP contribution is -2.32. The normalized spacial score (nSPS) is 17.2. The van der Waals surface area contributed by atoms with Gasteiger partial charge in [0.1, 0.15) is 17.6 Å². The summed E-state index contributed by atoms with van der Waals surface area (Å²) in [6.45, 7) is 2.39. The van der Waals surface area contributed by atoms with Gasteiger partial charge in [-0.15, -0.1) is 0 Å². The molecular formula is C28H25ClN4O2S. The third-order valence-corrected chi connectivity index (χ3v) is 6.97. The van der Waals surface area contributed by atoms with Gasteiger partial charge in [0.05, 0.1) is 11.7 Å². The van der Waals surface area contributed by atoms with Crippen molar-refractivity contribution in [2.45, 2.75) is 25.4 Å². The van der Waals surface area contributed by atoms with E-state index in [4.69, 9.17) is 28.2 Å². The number of hydrogen-bond donors (Lipinski definition) is 2. The number of carbonyl (C=O) groups excluding carboxylic acids is 1. The van der Waals surface area contributed by atoms with Crippen molar-refractivity contribution < 1.29 is 9.21 Å². The van der Waals surface area contributed by atoms with Crippen LogP contribution in [0, 0.1) is 6.92 Å². The van der Waals surface area contributed by atoms with E-state index < -0.39 is 0 Å². The summed E-state index contributed by atoms with van der Waals surface area (Å²) in [7, 11) is 0. The number of amides is 1. The third-order valence-electron chi connectivity index (χ3n) is 6.21. The monoisotopic (exact) mass is 516 g/mol. The predicted octanol–water partition coefficient (Wildman–Crippen LogP) is 6.30. The highest BCUT2D eigenvalue weighted by molar-refractivity contribution is 7.80. The lowest BCUT2D eigenvalue weighted by Gasteiger charge is -2.25. The Kier molecular flexibility index (Phi) is 7.02. The number of nitrogens with zero attached hydrogens (tertiary/aromatic N) is 2. The van der Waals surface area contributed by atoms with E-state index in [0.717, 1.165) is 28.3 Å². The minimum absolute atomic E-state index is 0.0848. The van der Waals surface area contributed by atoms with Gasteiger partial charge in [-0.1, -0.05) is 48.0 Å². The highest BCUT2D eigenvalue weighted by atomic mass is 35.5. The van der Waals surface area contributed by atoms with Crippen molar-refractivity contribution in [3.63, 3.8) is 0 Å². The SMILES string of the molecule is Cc1ccc(-c2ccc([C@H]3[C@@H](c4ccccn4)NC(=S)N3CCC(=O)Nc3ccccc3)o2)cc1Cl. The number of nitrogens with one attached hydrogen (secondary N) is 2. The minimum Gasteiger partial charge on any atom is -0.459 e. The summed E-state index contributed by atoms with van der Waals surface area (Å²) in [4.78, 5) is 19.2. The molecule has 0 bridgehead atoms. The van der Waals surface area contributed by atoms with Crippen LogP contribution in [0.15, 0.2) is 89.5 Å². The van der Waals surface area contributed by atoms with Gasteiger partial charge < -0.3 is 20.0 Å². The fourth-order valence-electron chi connectivity index (χ4n) is 4.34. The molecule has 1 aliphatic rings. The summed E-state index contributed by atoms with van der Waals surface area (Å²) < 4.78 is 6.35. The van der Waals surface area contributed by atoms with Crippen LogP contribution in [0.25, 0.3) is 11.3 Å². The molecule has 0 aliphatic carbocycles. The average molecular weight is 517 g/mol. The summed E-state index contributed by atoms with van der Waals surface area (Å²) in [6.07, 6.45) is 2.03. The summed E-state index contributed by atoms with van der Waals surface area (Å²) in [5.41, 5.74) is 3.51. The van der Waals surface area contributed by atoms with Gasteiger partial charge in [0.2, 0.25) is 5.91 Å². The molecule has 5 rings (SSSR count). The number of para-hydroxylation sites is 1. The van der Waals surface area contributed by atoms with Crippen LogP contribution in [0.2, 0.25) is 5.02 Å². The molecule has 3 heterocycles. The first kappa shape index (κ1) is 24.0. The van der Waals surface area contributed by atoms with Gasteiger partial charge in [-0.25, -0.2) is 0 Å². The molecule has 2 aromatic heterocycles. The van der Waals surface area contributed by atoms with E-state index in [2.05, 4.69) is 15.6 Å². The van der Waals surface area contributed by atoms with Crippen molar-refractivity contribution >= 4 is 40.5 Å². The first-order chi connectivity index (χ1) is 17.5. The molecule has 0 saturated carbocycles. The fourth-order valence-corrected chi connectivity index (χ4v) is 4.85. The van der Waals surface area contributed by atoms with E-state index in [1.54, 1.807) is 6.20 Å². The van der Waals surface area contributed by atoms with Gasteiger partial charge in [0, 0.05) is 35.4 Å². The summed E-state index contributed by atoms with van der Waals surface area (Å²) in [5.74, 6) is 1.36. The van der Waals surface area contributed by atoms with Gasteiger partial charge >= 0.3 is 0 Å². The van der Waals surface area contributed by atoms with Gasteiger partial charge in [-0.2, -0.15) is 0 Å². The second kappa shape index (κ2) is 10.5. The highest BCUT2D eigenvalue weighted by Gasteiger charge is 2.41. The zero-order valence-corrected chi connectivity index (χ0v) is 21.2. The minimum atomic E-state index is -0.272. The van der Waals surface area contributed by atoms with Gasteiger partial charge in [0.15, 0.2) is 5.11 Å². The smallest absolute Gasteiger partial charge is 0.226 e. The summed E-state index contributed by atoms with van der Waals surface area (Å²) >= 11 is 12.1. The molecule has 182 valence electrons. The van der Waals surface area contributed by atoms with Gasteiger partial charge in [0.25, 0.3) is 0 Å². The van der Waals surface area contributed by atoms with E-state index in [0.29, 0.717) is 22.4 Å². The molecule has 0 unspecified atom stereocenters. The lowest BCUT2D eigenvalue weighted by molar-refractivity contribution is -0.116. The molecule has 0 radical (unpaired) electrons. The Hall–Kier alpha value is -3.68.